The fourth-order valence-electron chi connectivity index (χ4n) is 2.80. The van der Waals surface area contributed by atoms with E-state index in [1.165, 1.54) is 4.90 Å². The van der Waals surface area contributed by atoms with Crippen molar-refractivity contribution in [3.8, 4) is 0 Å². The van der Waals surface area contributed by atoms with Crippen LogP contribution in [0.4, 0.5) is 16.2 Å². The Kier molecular flexibility index (Phi) is 7.58. The predicted molar refractivity (Wildman–Crippen MR) is 118 cm³/mol. The fourth-order valence-corrected chi connectivity index (χ4v) is 2.80. The summed E-state index contributed by atoms with van der Waals surface area (Å²) in [5, 5.41) is 5.46. The number of amides is 3. The summed E-state index contributed by atoms with van der Waals surface area (Å²) in [5.74, 6) is -0.614. The van der Waals surface area contributed by atoms with E-state index in [1.807, 2.05) is 31.2 Å². The number of nitrogens with one attached hydrogen (secondary N) is 2. The largest absolute Gasteiger partial charge is 0.444 e. The number of hydrogen-bond acceptors (Lipinski definition) is 4. The normalized spacial score (nSPS) is 10.8. The number of likely N-dealkylation sites (N-methyl/N-ethyl adjacent to an activating group) is 1. The van der Waals surface area contributed by atoms with Gasteiger partial charge in [0.15, 0.2) is 0 Å². The van der Waals surface area contributed by atoms with Gasteiger partial charge in [-0.3, -0.25) is 14.9 Å². The summed E-state index contributed by atoms with van der Waals surface area (Å²) in [6.07, 6.45) is 0.192. The number of nitrogens with zero attached hydrogens (tertiary/aromatic N) is 1. The third-order valence-corrected chi connectivity index (χ3v) is 4.15. The van der Waals surface area contributed by atoms with E-state index in [0.717, 1.165) is 17.7 Å². The first-order chi connectivity index (χ1) is 14.1. The van der Waals surface area contributed by atoms with Gasteiger partial charge in [0.1, 0.15) is 5.60 Å². The second-order valence-corrected chi connectivity index (χ2v) is 7.93. The maximum Gasteiger partial charge on any atom is 0.412 e. The zero-order valence-electron chi connectivity index (χ0n) is 18.1. The molecule has 2 aromatic rings. The molecule has 0 heterocycles. The average Bonchev–Trinajstić information content (AvgIpc) is 2.66. The van der Waals surface area contributed by atoms with E-state index in [-0.39, 0.29) is 18.4 Å². The van der Waals surface area contributed by atoms with Crippen LogP contribution >= 0.6 is 0 Å². The maximum absolute atomic E-state index is 12.7. The Morgan fingerprint density at radius 2 is 1.70 bits per heavy atom. The Bertz CT molecular complexity index is 919. The second kappa shape index (κ2) is 9.91. The lowest BCUT2D eigenvalue weighted by Crippen LogP contribution is -2.35. The van der Waals surface area contributed by atoms with Gasteiger partial charge >= 0.3 is 6.09 Å². The Balaban J connectivity index is 2.00. The molecule has 2 aromatic carbocycles. The highest BCUT2D eigenvalue weighted by molar-refractivity contribution is 6.00. The van der Waals surface area contributed by atoms with E-state index in [4.69, 9.17) is 4.74 Å². The molecule has 2 rings (SSSR count). The number of anilines is 2. The third kappa shape index (κ3) is 6.92. The summed E-state index contributed by atoms with van der Waals surface area (Å²) in [4.78, 5) is 38.4. The van der Waals surface area contributed by atoms with E-state index >= 15 is 0 Å². The second-order valence-electron chi connectivity index (χ2n) is 7.93. The molecule has 0 bridgehead atoms. The van der Waals surface area contributed by atoms with E-state index in [1.54, 1.807) is 52.1 Å². The molecule has 0 saturated carbocycles. The molecule has 0 aromatic heterocycles. The van der Waals surface area contributed by atoms with Crippen molar-refractivity contribution >= 4 is 29.3 Å². The van der Waals surface area contributed by atoms with Crippen molar-refractivity contribution in [2.45, 2.75) is 39.7 Å². The molecule has 30 heavy (non-hydrogen) atoms. The van der Waals surface area contributed by atoms with Gasteiger partial charge in [0.05, 0.1) is 6.54 Å². The molecule has 7 nitrogen and oxygen atoms in total. The highest BCUT2D eigenvalue weighted by Crippen LogP contribution is 2.17. The molecule has 160 valence electrons. The summed E-state index contributed by atoms with van der Waals surface area (Å²) >= 11 is 0. The van der Waals surface area contributed by atoms with Crippen LogP contribution in [-0.2, 0) is 16.0 Å². The standard InChI is InChI=1S/C23H29N3O4/c1-6-16-10-7-8-13-19(16)25-20(27)15-26(5)21(28)17-11-9-12-18(14-17)24-22(29)30-23(2,3)4/h7-14H,6,15H2,1-5H3,(H,24,29)(H,25,27). The Labute approximate surface area is 177 Å². The summed E-state index contributed by atoms with van der Waals surface area (Å²) in [6.45, 7) is 7.22. The van der Waals surface area contributed by atoms with Crippen molar-refractivity contribution in [2.24, 2.45) is 0 Å². The topological polar surface area (TPSA) is 87.7 Å². The first kappa shape index (κ1) is 22.9. The van der Waals surface area contributed by atoms with E-state index in [0.29, 0.717) is 11.3 Å². The van der Waals surface area contributed by atoms with Crippen molar-refractivity contribution in [3.05, 3.63) is 59.7 Å². The van der Waals surface area contributed by atoms with Crippen molar-refractivity contribution in [3.63, 3.8) is 0 Å². The summed E-state index contributed by atoms with van der Waals surface area (Å²) in [6, 6.07) is 14.1. The molecule has 0 saturated heterocycles. The Hall–Kier alpha value is -3.35. The fraction of sp³-hybridized carbons (Fsp3) is 0.348. The molecule has 0 unspecified atom stereocenters. The lowest BCUT2D eigenvalue weighted by Gasteiger charge is -2.20. The van der Waals surface area contributed by atoms with Gasteiger partial charge in [-0.25, -0.2) is 4.79 Å². The van der Waals surface area contributed by atoms with Crippen LogP contribution < -0.4 is 10.6 Å². The molecule has 7 heteroatoms. The number of carbonyl (C=O) groups excluding carboxylic acids is 3. The van der Waals surface area contributed by atoms with Gasteiger partial charge in [-0.1, -0.05) is 31.2 Å². The minimum absolute atomic E-state index is 0.0966. The van der Waals surface area contributed by atoms with Crippen LogP contribution in [0.2, 0.25) is 0 Å². The van der Waals surface area contributed by atoms with Gasteiger partial charge in [0.2, 0.25) is 5.91 Å². The maximum atomic E-state index is 12.7. The minimum atomic E-state index is -0.624. The van der Waals surface area contributed by atoms with Gasteiger partial charge < -0.3 is 15.0 Å². The van der Waals surface area contributed by atoms with Crippen LogP contribution in [0.3, 0.4) is 0 Å². The Morgan fingerprint density at radius 1 is 1.00 bits per heavy atom. The van der Waals surface area contributed by atoms with Crippen molar-refractivity contribution in [1.29, 1.82) is 0 Å². The minimum Gasteiger partial charge on any atom is -0.444 e. The smallest absolute Gasteiger partial charge is 0.412 e. The van der Waals surface area contributed by atoms with Crippen LogP contribution in [-0.4, -0.2) is 42.0 Å². The summed E-state index contributed by atoms with van der Waals surface area (Å²) in [7, 11) is 1.56. The number of rotatable bonds is 6. The molecule has 0 aliphatic carbocycles. The van der Waals surface area contributed by atoms with Crippen LogP contribution in [0, 0.1) is 0 Å². The molecule has 2 N–H and O–H groups in total. The van der Waals surface area contributed by atoms with Gasteiger partial charge in [0, 0.05) is 24.0 Å². The first-order valence-electron chi connectivity index (χ1n) is 9.82. The molecular formula is C23H29N3O4. The quantitative estimate of drug-likeness (QED) is 0.742. The third-order valence-electron chi connectivity index (χ3n) is 4.15. The number of aryl methyl sites for hydroxylation is 1. The molecule has 0 spiro atoms. The summed E-state index contributed by atoms with van der Waals surface area (Å²) in [5.41, 5.74) is 1.94. The Morgan fingerprint density at radius 3 is 2.37 bits per heavy atom. The van der Waals surface area contributed by atoms with E-state index < -0.39 is 11.7 Å². The van der Waals surface area contributed by atoms with Crippen LogP contribution in [0.1, 0.15) is 43.6 Å². The van der Waals surface area contributed by atoms with Crippen LogP contribution in [0.25, 0.3) is 0 Å². The number of benzene rings is 2. The van der Waals surface area contributed by atoms with Gasteiger partial charge in [-0.05, 0) is 57.0 Å². The molecular weight excluding hydrogens is 382 g/mol. The highest BCUT2D eigenvalue weighted by Gasteiger charge is 2.18. The number of para-hydroxylation sites is 1. The molecule has 0 aliphatic rings. The van der Waals surface area contributed by atoms with Crippen LogP contribution in [0.5, 0.6) is 0 Å². The van der Waals surface area contributed by atoms with Crippen molar-refractivity contribution in [2.75, 3.05) is 24.2 Å². The lowest BCUT2D eigenvalue weighted by molar-refractivity contribution is -0.116. The van der Waals surface area contributed by atoms with Gasteiger partial charge in [-0.15, -0.1) is 0 Å². The van der Waals surface area contributed by atoms with Crippen molar-refractivity contribution < 1.29 is 19.1 Å². The zero-order valence-corrected chi connectivity index (χ0v) is 18.1. The average molecular weight is 412 g/mol. The van der Waals surface area contributed by atoms with Crippen molar-refractivity contribution in [1.82, 2.24) is 4.90 Å². The lowest BCUT2D eigenvalue weighted by atomic mass is 10.1. The van der Waals surface area contributed by atoms with Gasteiger partial charge in [-0.2, -0.15) is 0 Å². The predicted octanol–water partition coefficient (Wildman–Crippen LogP) is 4.31. The SMILES string of the molecule is CCc1ccccc1NC(=O)CN(C)C(=O)c1cccc(NC(=O)OC(C)(C)C)c1. The highest BCUT2D eigenvalue weighted by atomic mass is 16.6. The molecule has 0 fully saturated rings. The van der Waals surface area contributed by atoms with Gasteiger partial charge in [0.25, 0.3) is 5.91 Å². The molecule has 0 atom stereocenters. The van der Waals surface area contributed by atoms with E-state index in [2.05, 4.69) is 10.6 Å². The monoisotopic (exact) mass is 411 g/mol. The molecule has 3 amide bonds. The van der Waals surface area contributed by atoms with E-state index in [9.17, 15) is 14.4 Å². The molecule has 0 radical (unpaired) electrons. The number of ether oxygens (including phenoxy) is 1. The van der Waals surface area contributed by atoms with Crippen LogP contribution in [0.15, 0.2) is 48.5 Å². The first-order valence-corrected chi connectivity index (χ1v) is 9.82. The number of hydrogen-bond donors (Lipinski definition) is 2. The number of carbonyl (C=O) groups is 3. The zero-order chi connectivity index (χ0) is 22.3. The molecule has 0 aliphatic heterocycles. The summed E-state index contributed by atoms with van der Waals surface area (Å²) < 4.78 is 5.22.